The van der Waals surface area contributed by atoms with Gasteiger partial charge in [0.1, 0.15) is 5.01 Å². The zero-order valence-corrected chi connectivity index (χ0v) is 33.2. The number of rotatable bonds is 14. The maximum absolute atomic E-state index is 13.0. The van der Waals surface area contributed by atoms with Gasteiger partial charge in [-0.15, -0.1) is 40.9 Å². The molecule has 5 rings (SSSR count). The van der Waals surface area contributed by atoms with Crippen molar-refractivity contribution in [2.45, 2.75) is 89.3 Å². The summed E-state index contributed by atoms with van der Waals surface area (Å²) in [6.07, 6.45) is 3.06. The first kappa shape index (κ1) is 39.6. The van der Waals surface area contributed by atoms with Crippen LogP contribution in [0.25, 0.3) is 11.9 Å². The summed E-state index contributed by atoms with van der Waals surface area (Å²) < 4.78 is 33.8. The Morgan fingerprint density at radius 3 is 2.02 bits per heavy atom. The van der Waals surface area contributed by atoms with E-state index in [0.29, 0.717) is 26.6 Å². The topological polar surface area (TPSA) is 302 Å². The number of H-pyrrole nitrogens is 1. The van der Waals surface area contributed by atoms with Crippen molar-refractivity contribution < 1.29 is 13.0 Å². The van der Waals surface area contributed by atoms with Gasteiger partial charge in [-0.2, -0.15) is 37.9 Å². The zero-order chi connectivity index (χ0) is 38.7. The SMILES string of the molecule is CCCCc1nnc(N=Nc2c(C(C)(C)C)nn(-c3nc(-n4nc(C(C)(C)C)c(N=Nc5nnc(SCCCS(=O)(=O)O)s5)c4N)[nH]c(=O)n3)c2N)s1. The molecule has 21 nitrogen and oxygen atoms in total. The Labute approximate surface area is 316 Å². The number of anilines is 2. The summed E-state index contributed by atoms with van der Waals surface area (Å²) in [6.45, 7) is 13.6. The van der Waals surface area contributed by atoms with Crippen LogP contribution < -0.4 is 17.2 Å². The molecular formula is C28H39N17O4S4. The number of hydrogen-bond donors (Lipinski definition) is 4. The van der Waals surface area contributed by atoms with Gasteiger partial charge >= 0.3 is 5.69 Å². The molecule has 0 radical (unpaired) electrons. The fourth-order valence-electron chi connectivity index (χ4n) is 4.53. The van der Waals surface area contributed by atoms with E-state index in [-0.39, 0.29) is 52.2 Å². The molecule has 0 aliphatic heterocycles. The van der Waals surface area contributed by atoms with Gasteiger partial charge < -0.3 is 11.5 Å². The standard InChI is InChI=1S/C28H39N17O4S4/c1-8-9-11-14-34-37-24(51-14)38-35-15-17(27(2,3)4)42-44(19(15)29)21-31-22(33-23(46)32-21)45-20(30)16(18(43-45)28(5,6)7)36-39-25-40-41-26(52-25)50-12-10-13-53(47,48)49/h8-13,29-30H2,1-7H3,(H,47,48,49)(H,31,32,33,46). The van der Waals surface area contributed by atoms with Crippen molar-refractivity contribution in [2.75, 3.05) is 23.0 Å². The van der Waals surface area contributed by atoms with E-state index in [1.807, 2.05) is 41.5 Å². The summed E-state index contributed by atoms with van der Waals surface area (Å²) in [5, 5.41) is 44.4. The molecular weight excluding hydrogens is 767 g/mol. The number of thioether (sulfide) groups is 1. The number of aromatic amines is 1. The number of unbranched alkanes of at least 4 members (excludes halogenated alkanes) is 1. The van der Waals surface area contributed by atoms with Gasteiger partial charge in [0.15, 0.2) is 27.4 Å². The third kappa shape index (κ3) is 9.89. The van der Waals surface area contributed by atoms with Gasteiger partial charge in [-0.25, -0.2) is 4.79 Å². The first-order valence-corrected chi connectivity index (χ1v) is 20.4. The lowest BCUT2D eigenvalue weighted by Gasteiger charge is -2.15. The summed E-state index contributed by atoms with van der Waals surface area (Å²) in [5.74, 6) is -0.162. The number of hydrogen-bond acceptors (Lipinski definition) is 20. The smallest absolute Gasteiger partial charge is 0.351 e. The van der Waals surface area contributed by atoms with Crippen LogP contribution >= 0.6 is 34.4 Å². The molecule has 0 amide bonds. The molecule has 0 aliphatic carbocycles. The third-order valence-electron chi connectivity index (χ3n) is 7.07. The summed E-state index contributed by atoms with van der Waals surface area (Å²) in [4.78, 5) is 24.1. The highest BCUT2D eigenvalue weighted by Crippen LogP contribution is 2.39. The average Bonchev–Trinajstić information content (AvgIpc) is 3.85. The predicted octanol–water partition coefficient (Wildman–Crippen LogP) is 5.54. The fraction of sp³-hybridized carbons (Fsp3) is 0.536. The Hall–Kier alpha value is -4.59. The lowest BCUT2D eigenvalue weighted by Crippen LogP contribution is -2.22. The van der Waals surface area contributed by atoms with Gasteiger partial charge in [0.05, 0.1) is 17.1 Å². The van der Waals surface area contributed by atoms with E-state index in [1.54, 1.807) is 0 Å². The van der Waals surface area contributed by atoms with Crippen LogP contribution in [-0.4, -0.2) is 79.4 Å². The molecule has 0 saturated carbocycles. The van der Waals surface area contributed by atoms with Crippen molar-refractivity contribution >= 4 is 77.8 Å². The van der Waals surface area contributed by atoms with E-state index < -0.39 is 26.6 Å². The zero-order valence-electron chi connectivity index (χ0n) is 30.0. The number of aromatic nitrogens is 11. The Balaban J connectivity index is 1.48. The first-order valence-electron chi connectivity index (χ1n) is 16.2. The Bertz CT molecular complexity index is 2310. The second kappa shape index (κ2) is 15.8. The molecule has 0 bridgehead atoms. The lowest BCUT2D eigenvalue weighted by molar-refractivity contribution is 0.482. The van der Waals surface area contributed by atoms with Gasteiger partial charge in [-0.3, -0.25) is 9.54 Å². The molecule has 284 valence electrons. The van der Waals surface area contributed by atoms with Gasteiger partial charge in [0.2, 0.25) is 5.95 Å². The van der Waals surface area contributed by atoms with Crippen LogP contribution in [0.2, 0.25) is 0 Å². The monoisotopic (exact) mass is 805 g/mol. The normalized spacial score (nSPS) is 12.9. The van der Waals surface area contributed by atoms with Crippen LogP contribution in [0, 0.1) is 0 Å². The van der Waals surface area contributed by atoms with Gasteiger partial charge in [-0.1, -0.05) is 89.3 Å². The maximum atomic E-state index is 13.0. The molecule has 0 spiro atoms. The summed E-state index contributed by atoms with van der Waals surface area (Å²) >= 11 is 3.75. The van der Waals surface area contributed by atoms with E-state index >= 15 is 0 Å². The molecule has 0 aromatic carbocycles. The summed E-state index contributed by atoms with van der Waals surface area (Å²) in [7, 11) is -4.04. The Morgan fingerprint density at radius 1 is 0.830 bits per heavy atom. The lowest BCUT2D eigenvalue weighted by atomic mass is 9.91. The molecule has 0 atom stereocenters. The molecule has 5 aromatic heterocycles. The van der Waals surface area contributed by atoms with E-state index in [2.05, 4.69) is 72.9 Å². The molecule has 25 heteroatoms. The van der Waals surface area contributed by atoms with E-state index in [9.17, 15) is 13.2 Å². The third-order valence-corrected chi connectivity index (χ3v) is 10.8. The first-order chi connectivity index (χ1) is 24.8. The van der Waals surface area contributed by atoms with E-state index in [4.69, 9.17) is 16.0 Å². The highest BCUT2D eigenvalue weighted by atomic mass is 32.2. The van der Waals surface area contributed by atoms with Crippen LogP contribution in [0.5, 0.6) is 0 Å². The molecule has 0 fully saturated rings. The second-order valence-corrected chi connectivity index (χ2v) is 18.5. The van der Waals surface area contributed by atoms with Crippen LogP contribution in [0.15, 0.2) is 29.6 Å². The molecule has 0 unspecified atom stereocenters. The van der Waals surface area contributed by atoms with Crippen LogP contribution in [0.4, 0.5) is 33.3 Å². The average molecular weight is 806 g/mol. The number of nitrogen functional groups attached to an aromatic ring is 2. The quantitative estimate of drug-likeness (QED) is 0.0463. The molecule has 0 saturated heterocycles. The summed E-state index contributed by atoms with van der Waals surface area (Å²) in [5.41, 5.74) is 12.6. The molecule has 5 aromatic rings. The number of nitrogens with one attached hydrogen (secondary N) is 1. The number of azo groups is 2. The van der Waals surface area contributed by atoms with Crippen molar-refractivity contribution in [3.8, 4) is 11.9 Å². The van der Waals surface area contributed by atoms with Gasteiger partial charge in [-0.05, 0) is 12.8 Å². The van der Waals surface area contributed by atoms with E-state index in [0.717, 1.165) is 35.6 Å². The molecule has 6 N–H and O–H groups in total. The highest BCUT2D eigenvalue weighted by Gasteiger charge is 2.30. The molecule has 53 heavy (non-hydrogen) atoms. The number of nitrogens with two attached hydrogens (primary N) is 2. The van der Waals surface area contributed by atoms with E-state index in [1.165, 1.54) is 32.5 Å². The number of aryl methyl sites for hydroxylation is 1. The summed E-state index contributed by atoms with van der Waals surface area (Å²) in [6, 6.07) is 0. The minimum absolute atomic E-state index is 0.0111. The van der Waals surface area contributed by atoms with Crippen molar-refractivity contribution in [1.29, 1.82) is 0 Å². The van der Waals surface area contributed by atoms with Crippen LogP contribution in [0.3, 0.4) is 0 Å². The highest BCUT2D eigenvalue weighted by molar-refractivity contribution is 8.01. The van der Waals surface area contributed by atoms with Crippen LogP contribution in [0.1, 0.15) is 84.1 Å². The van der Waals surface area contributed by atoms with Gasteiger partial charge in [0.25, 0.3) is 26.3 Å². The van der Waals surface area contributed by atoms with Gasteiger partial charge in [0, 0.05) is 23.0 Å². The van der Waals surface area contributed by atoms with Crippen molar-refractivity contribution in [3.05, 3.63) is 26.9 Å². The minimum Gasteiger partial charge on any atom is -0.382 e. The maximum Gasteiger partial charge on any atom is 0.351 e. The second-order valence-electron chi connectivity index (χ2n) is 13.6. The van der Waals surface area contributed by atoms with Crippen molar-refractivity contribution in [2.24, 2.45) is 20.5 Å². The van der Waals surface area contributed by atoms with Crippen molar-refractivity contribution in [3.63, 3.8) is 0 Å². The molecule has 5 heterocycles. The Kier molecular flexibility index (Phi) is 11.8. The molecule has 0 aliphatic rings. The van der Waals surface area contributed by atoms with Crippen LogP contribution in [-0.2, 0) is 27.4 Å². The fourth-order valence-corrected chi connectivity index (χ4v) is 7.59. The Morgan fingerprint density at radius 2 is 1.42 bits per heavy atom. The largest absolute Gasteiger partial charge is 0.382 e. The minimum atomic E-state index is -4.04. The predicted molar refractivity (Wildman–Crippen MR) is 202 cm³/mol. The van der Waals surface area contributed by atoms with Crippen molar-refractivity contribution in [1.82, 2.24) is 54.9 Å². The number of nitrogens with zero attached hydrogens (tertiary/aromatic N) is 14.